The lowest BCUT2D eigenvalue weighted by atomic mass is 9.31. The summed E-state index contributed by atoms with van der Waals surface area (Å²) < 4.78 is 15.2. The first-order valence-electron chi connectivity index (χ1n) is 25.8. The lowest BCUT2D eigenvalue weighted by Gasteiger charge is -2.42. The van der Waals surface area contributed by atoms with Crippen LogP contribution in [0.5, 0.6) is 11.5 Å². The summed E-state index contributed by atoms with van der Waals surface area (Å²) in [5.41, 5.74) is 26.2. The largest absolute Gasteiger partial charge is 0.458 e. The van der Waals surface area contributed by atoms with Gasteiger partial charge < -0.3 is 18.8 Å². The second-order valence-electron chi connectivity index (χ2n) is 20.8. The third kappa shape index (κ3) is 6.26. The highest BCUT2D eigenvalue weighted by molar-refractivity contribution is 14.1. The second-order valence-corrected chi connectivity index (χ2v) is 23.3. The van der Waals surface area contributed by atoms with Gasteiger partial charge in [-0.25, -0.2) is 0 Å². The molecule has 6 heterocycles. The number of hydrogen-bond donors (Lipinski definition) is 0. The molecule has 14 rings (SSSR count). The maximum Gasteiger partial charge on any atom is 0.256 e. The van der Waals surface area contributed by atoms with E-state index in [0.29, 0.717) is 0 Å². The Morgan fingerprint density at radius 2 is 1.00 bits per heavy atom. The van der Waals surface area contributed by atoms with Crippen LogP contribution in [0.4, 0.5) is 17.1 Å². The highest BCUT2D eigenvalue weighted by Gasteiger charge is 2.47. The number of aromatic nitrogens is 2. The minimum Gasteiger partial charge on any atom is -0.458 e. The topological polar surface area (TPSA) is 22.3 Å². The molecule has 0 unspecified atom stereocenters. The molecule has 4 aliphatic rings. The maximum atomic E-state index is 7.49. The minimum absolute atomic E-state index is 0.00324. The summed E-state index contributed by atoms with van der Waals surface area (Å²) in [4.78, 5) is 2.55. The molecule has 0 saturated heterocycles. The standard InChI is InChI=1S/C62H53B2I2N3O/c1-6-9-12-37-15-21-51-43(27-37)46-24-36(5)26-50-62(46)68(51)54-29-39(14-11-8-3)30-58-60(54)64(50)48-33-47-53(34-57(48)70-58)67(42-19-17-40(65)18-20-42)55-31-41(66)32-56-59(55)63(47)49-25-35(4)23-45-44-28-38(13-10-7-2)16-22-52(44)69(56)61(45)49/h15-34H,6-14H2,1-5H3. The molecule has 342 valence electrons. The number of rotatable bonds is 10. The van der Waals surface area contributed by atoms with Gasteiger partial charge in [-0.2, -0.15) is 0 Å². The average molecular weight is 1130 g/mol. The maximum absolute atomic E-state index is 7.49. The molecule has 10 aromatic rings. The van der Waals surface area contributed by atoms with Gasteiger partial charge in [-0.15, -0.1) is 0 Å². The van der Waals surface area contributed by atoms with E-state index in [1.807, 2.05) is 0 Å². The van der Waals surface area contributed by atoms with Crippen LogP contribution in [0.3, 0.4) is 0 Å². The van der Waals surface area contributed by atoms with E-state index < -0.39 is 0 Å². The third-order valence-electron chi connectivity index (χ3n) is 16.2. The molecule has 0 radical (unpaired) electrons. The number of aryl methyl sites for hydroxylation is 5. The van der Waals surface area contributed by atoms with Crippen molar-refractivity contribution < 1.29 is 4.74 Å². The summed E-state index contributed by atoms with van der Waals surface area (Å²) in [7, 11) is 0. The fraction of sp³-hybridized carbons (Fsp3) is 0.226. The van der Waals surface area contributed by atoms with Crippen LogP contribution < -0.4 is 42.4 Å². The SMILES string of the molecule is CCCCc1cc2c3c(c1)-n1c4ccc(CCCC)cc4c4cc(C)cc(c41)B3c1cc3c(cc1O2)N(c1ccc(I)cc1)c1cc(I)cc2c1B3c1cc(C)cc3c4cc(CCCC)ccc4n-2c13. The van der Waals surface area contributed by atoms with Crippen LogP contribution >= 0.6 is 45.2 Å². The Kier molecular flexibility index (Phi) is 10.1. The van der Waals surface area contributed by atoms with Crippen LogP contribution in [0, 0.1) is 21.0 Å². The molecule has 0 amide bonds. The molecular formula is C62H53B2I2N3O. The van der Waals surface area contributed by atoms with Gasteiger partial charge in [-0.05, 0) is 232 Å². The number of fused-ring (bicyclic) bond motifs is 14. The number of ether oxygens (including phenoxy) is 1. The molecule has 0 N–H and O–H groups in total. The normalized spacial score (nSPS) is 13.6. The number of hydrogen-bond acceptors (Lipinski definition) is 2. The van der Waals surface area contributed by atoms with Gasteiger partial charge in [0.2, 0.25) is 0 Å². The summed E-state index contributed by atoms with van der Waals surface area (Å²) in [5, 5.41) is 5.43. The van der Waals surface area contributed by atoms with Crippen molar-refractivity contribution in [2.45, 2.75) is 92.4 Å². The Hall–Kier alpha value is -5.45. The molecule has 70 heavy (non-hydrogen) atoms. The molecule has 0 saturated carbocycles. The van der Waals surface area contributed by atoms with E-state index >= 15 is 0 Å². The summed E-state index contributed by atoms with van der Waals surface area (Å²) >= 11 is 5.01. The zero-order valence-electron chi connectivity index (χ0n) is 40.6. The fourth-order valence-electron chi connectivity index (χ4n) is 13.2. The first kappa shape index (κ1) is 43.3. The van der Waals surface area contributed by atoms with E-state index in [0.717, 1.165) is 49.3 Å². The number of anilines is 3. The van der Waals surface area contributed by atoms with Crippen LogP contribution in [0.15, 0.2) is 121 Å². The zero-order valence-corrected chi connectivity index (χ0v) is 44.9. The summed E-state index contributed by atoms with van der Waals surface area (Å²) in [6, 6.07) is 48.4. The minimum atomic E-state index is -0.00324. The van der Waals surface area contributed by atoms with E-state index in [1.54, 1.807) is 0 Å². The summed E-state index contributed by atoms with van der Waals surface area (Å²) in [6.45, 7) is 11.5. The van der Waals surface area contributed by atoms with Crippen LogP contribution in [0.1, 0.15) is 87.1 Å². The third-order valence-corrected chi connectivity index (χ3v) is 17.5. The van der Waals surface area contributed by atoms with Gasteiger partial charge in [0.15, 0.2) is 0 Å². The van der Waals surface area contributed by atoms with Crippen LogP contribution in [0.25, 0.3) is 55.0 Å². The second kappa shape index (κ2) is 16.3. The Balaban J connectivity index is 1.08. The molecule has 4 aliphatic heterocycles. The summed E-state index contributed by atoms with van der Waals surface area (Å²) in [5.74, 6) is 1.96. The van der Waals surface area contributed by atoms with Crippen molar-refractivity contribution in [3.05, 3.63) is 156 Å². The molecule has 0 bridgehead atoms. The predicted octanol–water partition coefficient (Wildman–Crippen LogP) is 13.3. The first-order valence-corrected chi connectivity index (χ1v) is 27.9. The van der Waals surface area contributed by atoms with Crippen molar-refractivity contribution in [2.24, 2.45) is 0 Å². The highest BCUT2D eigenvalue weighted by Crippen LogP contribution is 2.45. The quantitative estimate of drug-likeness (QED) is 0.101. The Bertz CT molecular complexity index is 3900. The number of nitrogens with zero attached hydrogens (tertiary/aromatic N) is 3. The van der Waals surface area contributed by atoms with Gasteiger partial charge in [0.05, 0.1) is 11.0 Å². The molecule has 4 nitrogen and oxygen atoms in total. The van der Waals surface area contributed by atoms with Crippen molar-refractivity contribution in [1.29, 1.82) is 0 Å². The van der Waals surface area contributed by atoms with Crippen molar-refractivity contribution in [3.63, 3.8) is 0 Å². The highest BCUT2D eigenvalue weighted by atomic mass is 127. The van der Waals surface area contributed by atoms with Crippen LogP contribution in [-0.4, -0.2) is 22.6 Å². The van der Waals surface area contributed by atoms with Crippen LogP contribution in [-0.2, 0) is 19.3 Å². The average Bonchev–Trinajstić information content (AvgIpc) is 3.86. The van der Waals surface area contributed by atoms with E-state index in [9.17, 15) is 0 Å². The summed E-state index contributed by atoms with van der Waals surface area (Å²) in [6.07, 6.45) is 10.3. The molecule has 2 aromatic heterocycles. The fourth-order valence-corrected chi connectivity index (χ4v) is 14.1. The molecule has 0 atom stereocenters. The lowest BCUT2D eigenvalue weighted by Crippen LogP contribution is -2.63. The molecule has 0 spiro atoms. The van der Waals surface area contributed by atoms with E-state index in [2.05, 4.69) is 215 Å². The Labute approximate surface area is 438 Å². The molecule has 8 heteroatoms. The lowest BCUT2D eigenvalue weighted by molar-refractivity contribution is 0.486. The zero-order chi connectivity index (χ0) is 47.3. The van der Waals surface area contributed by atoms with Crippen molar-refractivity contribution in [2.75, 3.05) is 4.90 Å². The smallest absolute Gasteiger partial charge is 0.256 e. The molecule has 8 aromatic carbocycles. The van der Waals surface area contributed by atoms with Gasteiger partial charge in [0.25, 0.3) is 13.4 Å². The van der Waals surface area contributed by atoms with Crippen molar-refractivity contribution in [1.82, 2.24) is 9.13 Å². The molecule has 0 aliphatic carbocycles. The van der Waals surface area contributed by atoms with Crippen molar-refractivity contribution >= 4 is 152 Å². The predicted molar refractivity (Wildman–Crippen MR) is 316 cm³/mol. The van der Waals surface area contributed by atoms with Crippen molar-refractivity contribution in [3.8, 4) is 22.9 Å². The molecule has 0 fully saturated rings. The van der Waals surface area contributed by atoms with Gasteiger partial charge in [0.1, 0.15) is 11.5 Å². The first-order chi connectivity index (χ1) is 34.2. The van der Waals surface area contributed by atoms with E-state index in [1.165, 1.54) is 160 Å². The van der Waals surface area contributed by atoms with Gasteiger partial charge in [-0.3, -0.25) is 0 Å². The number of benzene rings is 8. The monoisotopic (exact) mass is 1130 g/mol. The number of unbranched alkanes of at least 4 members (excludes halogenated alkanes) is 3. The van der Waals surface area contributed by atoms with Gasteiger partial charge in [-0.1, -0.05) is 81.5 Å². The van der Waals surface area contributed by atoms with Crippen LogP contribution in [0.2, 0.25) is 0 Å². The Morgan fingerprint density at radius 3 is 1.60 bits per heavy atom. The molecular weight excluding hydrogens is 1080 g/mol. The number of halogens is 2. The Morgan fingerprint density at radius 1 is 0.443 bits per heavy atom. The van der Waals surface area contributed by atoms with Gasteiger partial charge >= 0.3 is 0 Å². The van der Waals surface area contributed by atoms with E-state index in [-0.39, 0.29) is 13.4 Å². The van der Waals surface area contributed by atoms with Gasteiger partial charge in [0, 0.05) is 74.2 Å². The van der Waals surface area contributed by atoms with E-state index in [4.69, 9.17) is 4.74 Å².